The summed E-state index contributed by atoms with van der Waals surface area (Å²) in [4.78, 5) is 31.9. The number of carbonyl (C=O) groups is 3. The Kier molecular flexibility index (Phi) is 7.98. The van der Waals surface area contributed by atoms with E-state index in [0.29, 0.717) is 5.56 Å². The van der Waals surface area contributed by atoms with Gasteiger partial charge in [-0.3, -0.25) is 4.79 Å². The molecule has 1 fully saturated rings. The summed E-state index contributed by atoms with van der Waals surface area (Å²) in [7, 11) is 0. The number of carboxylic acid groups (broad SMARTS) is 2. The van der Waals surface area contributed by atoms with Crippen molar-refractivity contribution in [2.45, 2.75) is 38.9 Å². The van der Waals surface area contributed by atoms with Crippen molar-refractivity contribution >= 4 is 17.8 Å². The average Bonchev–Trinajstić information content (AvgIpc) is 2.74. The van der Waals surface area contributed by atoms with Crippen molar-refractivity contribution in [3.05, 3.63) is 35.4 Å². The Morgan fingerprint density at radius 1 is 1.11 bits per heavy atom. The molecule has 1 unspecified atom stereocenters. The van der Waals surface area contributed by atoms with E-state index in [9.17, 15) is 22.8 Å². The number of hydrogen-bond donors (Lipinski definition) is 4. The van der Waals surface area contributed by atoms with Gasteiger partial charge in [0.15, 0.2) is 0 Å². The molecule has 2 rings (SSSR count). The summed E-state index contributed by atoms with van der Waals surface area (Å²) in [5, 5.41) is 22.4. The number of carbonyl (C=O) groups excluding carboxylic acids is 1. The number of benzene rings is 1. The first-order valence-corrected chi connectivity index (χ1v) is 8.47. The number of aromatic carboxylic acids is 1. The molecule has 0 bridgehead atoms. The van der Waals surface area contributed by atoms with Crippen LogP contribution < -0.4 is 10.6 Å². The minimum Gasteiger partial charge on any atom is -0.478 e. The monoisotopic (exact) mass is 404 g/mol. The molecule has 0 aromatic heterocycles. The van der Waals surface area contributed by atoms with Gasteiger partial charge < -0.3 is 20.8 Å². The van der Waals surface area contributed by atoms with Gasteiger partial charge in [-0.05, 0) is 49.1 Å². The van der Waals surface area contributed by atoms with Crippen molar-refractivity contribution in [3.8, 4) is 0 Å². The van der Waals surface area contributed by atoms with Crippen molar-refractivity contribution < 1.29 is 37.8 Å². The lowest BCUT2D eigenvalue weighted by Gasteiger charge is -2.26. The van der Waals surface area contributed by atoms with Gasteiger partial charge in [-0.1, -0.05) is 13.8 Å². The van der Waals surface area contributed by atoms with Gasteiger partial charge in [-0.15, -0.1) is 0 Å². The number of halogens is 3. The molecule has 1 aliphatic rings. The number of alkyl halides is 3. The average molecular weight is 404 g/mol. The molecule has 28 heavy (non-hydrogen) atoms. The Morgan fingerprint density at radius 3 is 2.07 bits per heavy atom. The summed E-state index contributed by atoms with van der Waals surface area (Å²) in [6.07, 6.45) is -3.25. The zero-order chi connectivity index (χ0) is 21.5. The molecule has 1 heterocycles. The largest absolute Gasteiger partial charge is 0.490 e. The first-order chi connectivity index (χ1) is 12.8. The third-order valence-corrected chi connectivity index (χ3v) is 4.04. The smallest absolute Gasteiger partial charge is 0.478 e. The predicted molar refractivity (Wildman–Crippen MR) is 94.2 cm³/mol. The van der Waals surface area contributed by atoms with Crippen LogP contribution in [0.4, 0.5) is 13.2 Å². The van der Waals surface area contributed by atoms with Crippen LogP contribution in [0.15, 0.2) is 24.3 Å². The number of aliphatic carboxylic acids is 1. The van der Waals surface area contributed by atoms with E-state index >= 15 is 0 Å². The van der Waals surface area contributed by atoms with Crippen molar-refractivity contribution in [2.24, 2.45) is 5.41 Å². The van der Waals surface area contributed by atoms with Crippen molar-refractivity contribution in [1.29, 1.82) is 0 Å². The van der Waals surface area contributed by atoms with Gasteiger partial charge in [0.25, 0.3) is 5.91 Å². The second-order valence-electron chi connectivity index (χ2n) is 7.19. The maximum absolute atomic E-state index is 12.2. The number of carboxylic acids is 2. The predicted octanol–water partition coefficient (Wildman–Crippen LogP) is 2.53. The van der Waals surface area contributed by atoms with Gasteiger partial charge in [-0.2, -0.15) is 13.2 Å². The van der Waals surface area contributed by atoms with Gasteiger partial charge in [0.05, 0.1) is 5.56 Å². The third kappa shape index (κ3) is 7.95. The van der Waals surface area contributed by atoms with Gasteiger partial charge >= 0.3 is 18.1 Å². The van der Waals surface area contributed by atoms with E-state index in [-0.39, 0.29) is 22.9 Å². The molecule has 1 aromatic rings. The second-order valence-corrected chi connectivity index (χ2v) is 7.19. The number of rotatable bonds is 3. The molecule has 1 atom stereocenters. The SMILES string of the molecule is CC1(C)CNCCC(NC(=O)c2ccc(C(=O)O)cc2)C1.O=C(O)C(F)(F)F. The number of nitrogens with one attached hydrogen (secondary N) is 2. The van der Waals surface area contributed by atoms with Crippen LogP contribution in [0.1, 0.15) is 47.4 Å². The molecule has 0 radical (unpaired) electrons. The molecular weight excluding hydrogens is 381 g/mol. The van der Waals surface area contributed by atoms with E-state index in [2.05, 4.69) is 24.5 Å². The molecule has 7 nitrogen and oxygen atoms in total. The molecule has 0 spiro atoms. The molecule has 1 amide bonds. The quantitative estimate of drug-likeness (QED) is 0.615. The minimum absolute atomic E-state index is 0.140. The summed E-state index contributed by atoms with van der Waals surface area (Å²) in [5.41, 5.74) is 0.836. The molecular formula is C18H23F3N2O5. The van der Waals surface area contributed by atoms with E-state index in [1.54, 1.807) is 12.1 Å². The fourth-order valence-corrected chi connectivity index (χ4v) is 2.70. The lowest BCUT2D eigenvalue weighted by molar-refractivity contribution is -0.192. The van der Waals surface area contributed by atoms with Crippen molar-refractivity contribution in [3.63, 3.8) is 0 Å². The Morgan fingerprint density at radius 2 is 1.61 bits per heavy atom. The molecule has 4 N–H and O–H groups in total. The van der Waals surface area contributed by atoms with Crippen LogP contribution in [0, 0.1) is 5.41 Å². The molecule has 1 aromatic carbocycles. The molecule has 1 saturated heterocycles. The Bertz CT molecular complexity index is 702. The van der Waals surface area contributed by atoms with Crippen LogP contribution in [-0.2, 0) is 4.79 Å². The number of amides is 1. The van der Waals surface area contributed by atoms with E-state index in [4.69, 9.17) is 15.0 Å². The fraction of sp³-hybridized carbons (Fsp3) is 0.500. The fourth-order valence-electron chi connectivity index (χ4n) is 2.70. The highest BCUT2D eigenvalue weighted by Crippen LogP contribution is 2.24. The Labute approximate surface area is 159 Å². The van der Waals surface area contributed by atoms with Crippen LogP contribution in [0.5, 0.6) is 0 Å². The molecule has 0 saturated carbocycles. The minimum atomic E-state index is -5.08. The number of hydrogen-bond acceptors (Lipinski definition) is 4. The maximum Gasteiger partial charge on any atom is 0.490 e. The van der Waals surface area contributed by atoms with E-state index < -0.39 is 18.1 Å². The maximum atomic E-state index is 12.2. The molecule has 10 heteroatoms. The van der Waals surface area contributed by atoms with Crippen LogP contribution >= 0.6 is 0 Å². The summed E-state index contributed by atoms with van der Waals surface area (Å²) in [5.74, 6) is -3.89. The van der Waals surface area contributed by atoms with Crippen LogP contribution in [-0.4, -0.2) is 53.4 Å². The lowest BCUT2D eigenvalue weighted by atomic mass is 9.86. The first-order valence-electron chi connectivity index (χ1n) is 8.47. The highest BCUT2D eigenvalue weighted by atomic mass is 19.4. The Hall–Kier alpha value is -2.62. The molecule has 0 aliphatic carbocycles. The van der Waals surface area contributed by atoms with Gasteiger partial charge in [0.1, 0.15) is 0 Å². The Balaban J connectivity index is 0.000000480. The van der Waals surface area contributed by atoms with Crippen LogP contribution in [0.25, 0.3) is 0 Å². The van der Waals surface area contributed by atoms with Gasteiger partial charge in [0.2, 0.25) is 0 Å². The summed E-state index contributed by atoms with van der Waals surface area (Å²) >= 11 is 0. The lowest BCUT2D eigenvalue weighted by Crippen LogP contribution is -2.37. The van der Waals surface area contributed by atoms with Crippen LogP contribution in [0.3, 0.4) is 0 Å². The van der Waals surface area contributed by atoms with E-state index in [1.807, 2.05) is 0 Å². The molecule has 1 aliphatic heterocycles. The summed E-state index contributed by atoms with van der Waals surface area (Å²) in [6.45, 7) is 6.22. The zero-order valence-corrected chi connectivity index (χ0v) is 15.5. The zero-order valence-electron chi connectivity index (χ0n) is 15.5. The highest BCUT2D eigenvalue weighted by molar-refractivity contribution is 5.96. The summed E-state index contributed by atoms with van der Waals surface area (Å²) < 4.78 is 31.7. The van der Waals surface area contributed by atoms with E-state index in [0.717, 1.165) is 25.9 Å². The van der Waals surface area contributed by atoms with Crippen molar-refractivity contribution in [1.82, 2.24) is 10.6 Å². The van der Waals surface area contributed by atoms with E-state index in [1.165, 1.54) is 12.1 Å². The first kappa shape index (κ1) is 23.4. The standard InChI is InChI=1S/C16H22N2O3.C2HF3O2/c1-16(2)9-13(7-8-17-10-16)18-14(19)11-3-5-12(6-4-11)15(20)21;3-2(4,5)1(6)7/h3-6,13,17H,7-10H2,1-2H3,(H,18,19)(H,20,21);(H,6,7). The summed E-state index contributed by atoms with van der Waals surface area (Å²) in [6, 6.07) is 6.16. The normalized spacial score (nSPS) is 18.8. The third-order valence-electron chi connectivity index (χ3n) is 4.04. The topological polar surface area (TPSA) is 116 Å². The highest BCUT2D eigenvalue weighted by Gasteiger charge is 2.38. The van der Waals surface area contributed by atoms with Gasteiger partial charge in [-0.25, -0.2) is 9.59 Å². The van der Waals surface area contributed by atoms with Gasteiger partial charge in [0, 0.05) is 18.2 Å². The van der Waals surface area contributed by atoms with Crippen molar-refractivity contribution in [2.75, 3.05) is 13.1 Å². The molecule has 156 valence electrons. The van der Waals surface area contributed by atoms with Crippen LogP contribution in [0.2, 0.25) is 0 Å². The second kappa shape index (κ2) is 9.54.